The van der Waals surface area contributed by atoms with Crippen LogP contribution in [-0.2, 0) is 17.6 Å². The largest absolute Gasteiger partial charge is 0.493 e. The van der Waals surface area contributed by atoms with Crippen molar-refractivity contribution in [3.05, 3.63) is 69.5 Å². The Hall–Kier alpha value is -3.28. The lowest BCUT2D eigenvalue weighted by atomic mass is 10.1. The van der Waals surface area contributed by atoms with Gasteiger partial charge >= 0.3 is 0 Å². The lowest BCUT2D eigenvalue weighted by molar-refractivity contribution is -0.121. The highest BCUT2D eigenvalue weighted by Gasteiger charge is 2.07. The van der Waals surface area contributed by atoms with Crippen molar-refractivity contribution in [2.24, 2.45) is 0 Å². The SMILES string of the molecule is COc1ccc(CCNC(=O)CCc2ccc3[nH]c(=O)c(C)cc3c2)cc1OC. The molecule has 1 heterocycles. The molecule has 0 radical (unpaired) electrons. The third-order valence-corrected chi connectivity index (χ3v) is 4.92. The highest BCUT2D eigenvalue weighted by atomic mass is 16.5. The molecule has 0 aliphatic rings. The van der Waals surface area contributed by atoms with Gasteiger partial charge in [-0.1, -0.05) is 12.1 Å². The van der Waals surface area contributed by atoms with Crippen LogP contribution in [0.3, 0.4) is 0 Å². The number of aromatic amines is 1. The third-order valence-electron chi connectivity index (χ3n) is 4.92. The Balaban J connectivity index is 1.50. The fourth-order valence-electron chi connectivity index (χ4n) is 3.25. The summed E-state index contributed by atoms with van der Waals surface area (Å²) < 4.78 is 10.5. The zero-order chi connectivity index (χ0) is 20.8. The number of amides is 1. The van der Waals surface area contributed by atoms with E-state index < -0.39 is 0 Å². The van der Waals surface area contributed by atoms with Gasteiger partial charge in [-0.15, -0.1) is 0 Å². The van der Waals surface area contributed by atoms with Crippen molar-refractivity contribution >= 4 is 16.8 Å². The zero-order valence-electron chi connectivity index (χ0n) is 17.0. The van der Waals surface area contributed by atoms with Crippen LogP contribution in [-0.4, -0.2) is 31.7 Å². The lowest BCUT2D eigenvalue weighted by Crippen LogP contribution is -2.25. The Kier molecular flexibility index (Phi) is 6.54. The van der Waals surface area contributed by atoms with E-state index in [0.717, 1.165) is 22.0 Å². The van der Waals surface area contributed by atoms with Crippen LogP contribution in [0.2, 0.25) is 0 Å². The molecule has 152 valence electrons. The van der Waals surface area contributed by atoms with Gasteiger partial charge < -0.3 is 19.8 Å². The second kappa shape index (κ2) is 9.28. The zero-order valence-corrected chi connectivity index (χ0v) is 17.0. The van der Waals surface area contributed by atoms with Crippen LogP contribution in [0, 0.1) is 6.92 Å². The first kappa shape index (κ1) is 20.5. The van der Waals surface area contributed by atoms with Gasteiger partial charge in [-0.3, -0.25) is 9.59 Å². The third kappa shape index (κ3) is 5.16. The fraction of sp³-hybridized carbons (Fsp3) is 0.304. The van der Waals surface area contributed by atoms with Crippen molar-refractivity contribution in [1.29, 1.82) is 0 Å². The number of H-pyrrole nitrogens is 1. The van der Waals surface area contributed by atoms with Crippen LogP contribution in [0.15, 0.2) is 47.3 Å². The summed E-state index contributed by atoms with van der Waals surface area (Å²) in [7, 11) is 3.21. The van der Waals surface area contributed by atoms with Crippen LogP contribution >= 0.6 is 0 Å². The van der Waals surface area contributed by atoms with E-state index in [1.165, 1.54) is 0 Å². The number of fused-ring (bicyclic) bond motifs is 1. The molecule has 0 aliphatic carbocycles. The number of carbonyl (C=O) groups is 1. The van der Waals surface area contributed by atoms with E-state index in [4.69, 9.17) is 9.47 Å². The average molecular weight is 394 g/mol. The summed E-state index contributed by atoms with van der Waals surface area (Å²) in [6.45, 7) is 2.35. The molecule has 0 aliphatic heterocycles. The second-order valence-corrected chi connectivity index (χ2v) is 6.99. The summed E-state index contributed by atoms with van der Waals surface area (Å²) in [6.07, 6.45) is 1.78. The molecule has 0 unspecified atom stereocenters. The van der Waals surface area contributed by atoms with E-state index >= 15 is 0 Å². The quantitative estimate of drug-likeness (QED) is 0.615. The van der Waals surface area contributed by atoms with Gasteiger partial charge in [0.05, 0.1) is 14.2 Å². The van der Waals surface area contributed by atoms with E-state index in [0.29, 0.717) is 42.9 Å². The van der Waals surface area contributed by atoms with E-state index in [2.05, 4.69) is 10.3 Å². The van der Waals surface area contributed by atoms with Crippen LogP contribution in [0.25, 0.3) is 10.9 Å². The van der Waals surface area contributed by atoms with Gasteiger partial charge in [0.1, 0.15) is 0 Å². The number of pyridine rings is 1. The van der Waals surface area contributed by atoms with Gasteiger partial charge in [0.25, 0.3) is 5.56 Å². The predicted octanol–water partition coefficient (Wildman–Crippen LogP) is 3.15. The van der Waals surface area contributed by atoms with E-state index in [-0.39, 0.29) is 11.5 Å². The molecular weight excluding hydrogens is 368 g/mol. The number of benzene rings is 2. The van der Waals surface area contributed by atoms with Crippen molar-refractivity contribution in [2.75, 3.05) is 20.8 Å². The monoisotopic (exact) mass is 394 g/mol. The normalized spacial score (nSPS) is 10.7. The molecule has 0 saturated carbocycles. The lowest BCUT2D eigenvalue weighted by Gasteiger charge is -2.10. The summed E-state index contributed by atoms with van der Waals surface area (Å²) in [6, 6.07) is 13.5. The number of ether oxygens (including phenoxy) is 2. The Labute approximate surface area is 169 Å². The first-order chi connectivity index (χ1) is 14.0. The molecule has 6 nitrogen and oxygen atoms in total. The average Bonchev–Trinajstić information content (AvgIpc) is 2.73. The Bertz CT molecular complexity index is 1070. The summed E-state index contributed by atoms with van der Waals surface area (Å²) >= 11 is 0. The molecule has 0 bridgehead atoms. The summed E-state index contributed by atoms with van der Waals surface area (Å²) in [4.78, 5) is 26.7. The minimum Gasteiger partial charge on any atom is -0.493 e. The van der Waals surface area contributed by atoms with Crippen LogP contribution in [0.1, 0.15) is 23.1 Å². The highest BCUT2D eigenvalue weighted by molar-refractivity contribution is 5.80. The summed E-state index contributed by atoms with van der Waals surface area (Å²) in [5.41, 5.74) is 3.56. The number of hydrogen-bond acceptors (Lipinski definition) is 4. The molecule has 3 aromatic rings. The Morgan fingerprint density at radius 2 is 1.69 bits per heavy atom. The van der Waals surface area contributed by atoms with Crippen molar-refractivity contribution in [3.63, 3.8) is 0 Å². The topological polar surface area (TPSA) is 80.4 Å². The van der Waals surface area contributed by atoms with Gasteiger partial charge in [-0.05, 0) is 66.6 Å². The molecule has 1 aromatic heterocycles. The molecule has 29 heavy (non-hydrogen) atoms. The molecule has 1 amide bonds. The first-order valence-corrected chi connectivity index (χ1v) is 9.60. The van der Waals surface area contributed by atoms with Gasteiger partial charge in [-0.25, -0.2) is 0 Å². The van der Waals surface area contributed by atoms with Gasteiger partial charge in [0.15, 0.2) is 11.5 Å². The summed E-state index contributed by atoms with van der Waals surface area (Å²) in [5.74, 6) is 1.39. The first-order valence-electron chi connectivity index (χ1n) is 9.60. The molecule has 3 rings (SSSR count). The standard InChI is InChI=1S/C23H26N2O4/c1-15-12-18-13-16(4-7-19(18)25-23(15)27)6-9-22(26)24-11-10-17-5-8-20(28-2)21(14-17)29-3/h4-5,7-8,12-14H,6,9-11H2,1-3H3,(H,24,26)(H,25,27). The van der Waals surface area contributed by atoms with E-state index in [9.17, 15) is 9.59 Å². The minimum atomic E-state index is -0.0703. The van der Waals surface area contributed by atoms with Gasteiger partial charge in [-0.2, -0.15) is 0 Å². The molecule has 2 aromatic carbocycles. The number of hydrogen-bond donors (Lipinski definition) is 2. The van der Waals surface area contributed by atoms with Crippen molar-refractivity contribution < 1.29 is 14.3 Å². The number of nitrogens with one attached hydrogen (secondary N) is 2. The molecule has 2 N–H and O–H groups in total. The van der Waals surface area contributed by atoms with Crippen molar-refractivity contribution in [3.8, 4) is 11.5 Å². The number of aryl methyl sites for hydroxylation is 2. The van der Waals surface area contributed by atoms with Crippen LogP contribution < -0.4 is 20.3 Å². The molecule has 6 heteroatoms. The predicted molar refractivity (Wildman–Crippen MR) is 114 cm³/mol. The number of aromatic nitrogens is 1. The Morgan fingerprint density at radius 3 is 2.45 bits per heavy atom. The maximum absolute atomic E-state index is 12.2. The van der Waals surface area contributed by atoms with E-state index in [1.54, 1.807) is 21.1 Å². The highest BCUT2D eigenvalue weighted by Crippen LogP contribution is 2.27. The van der Waals surface area contributed by atoms with E-state index in [1.807, 2.05) is 42.5 Å². The van der Waals surface area contributed by atoms with Crippen molar-refractivity contribution in [2.45, 2.75) is 26.2 Å². The van der Waals surface area contributed by atoms with Gasteiger partial charge in [0, 0.05) is 24.0 Å². The maximum atomic E-state index is 12.2. The summed E-state index contributed by atoms with van der Waals surface area (Å²) in [5, 5.41) is 3.94. The number of carbonyl (C=O) groups excluding carboxylic acids is 1. The number of rotatable bonds is 8. The van der Waals surface area contributed by atoms with Crippen molar-refractivity contribution in [1.82, 2.24) is 10.3 Å². The molecule has 0 saturated heterocycles. The molecule has 0 spiro atoms. The Morgan fingerprint density at radius 1 is 0.966 bits per heavy atom. The minimum absolute atomic E-state index is 0.0169. The fourth-order valence-corrected chi connectivity index (χ4v) is 3.25. The molecule has 0 atom stereocenters. The maximum Gasteiger partial charge on any atom is 0.251 e. The van der Waals surface area contributed by atoms with Crippen LogP contribution in [0.4, 0.5) is 0 Å². The van der Waals surface area contributed by atoms with Gasteiger partial charge in [0.2, 0.25) is 5.91 Å². The second-order valence-electron chi connectivity index (χ2n) is 6.99. The number of methoxy groups -OCH3 is 2. The molecular formula is C23H26N2O4. The molecule has 0 fully saturated rings. The van der Waals surface area contributed by atoms with Crippen LogP contribution in [0.5, 0.6) is 11.5 Å². The smallest absolute Gasteiger partial charge is 0.251 e.